The number of hydrogen-bond donors (Lipinski definition) is 1. The highest BCUT2D eigenvalue weighted by atomic mass is 35.5. The molecule has 4 rings (SSSR count). The van der Waals surface area contributed by atoms with Crippen molar-refractivity contribution in [3.8, 4) is 11.4 Å². The molecule has 1 atom stereocenters. The van der Waals surface area contributed by atoms with Gasteiger partial charge in [-0.2, -0.15) is 5.10 Å². The van der Waals surface area contributed by atoms with Crippen LogP contribution in [0, 0.1) is 18.6 Å². The van der Waals surface area contributed by atoms with E-state index in [-0.39, 0.29) is 11.6 Å². The molecule has 0 aliphatic rings. The number of aliphatic hydroxyl groups excluding tert-OH is 1. The lowest BCUT2D eigenvalue weighted by atomic mass is 10.00. The van der Waals surface area contributed by atoms with Crippen molar-refractivity contribution in [3.63, 3.8) is 0 Å². The van der Waals surface area contributed by atoms with Gasteiger partial charge in [0.1, 0.15) is 30.3 Å². The molecular weight excluding hydrogens is 478 g/mol. The first-order valence-corrected chi connectivity index (χ1v) is 11.2. The number of carbonyl (C=O) groups excluding carboxylic acids is 1. The van der Waals surface area contributed by atoms with Gasteiger partial charge in [-0.25, -0.2) is 18.4 Å². The smallest absolute Gasteiger partial charge is 0.248 e. The number of halogens is 3. The van der Waals surface area contributed by atoms with E-state index in [0.29, 0.717) is 39.2 Å². The average molecular weight is 501 g/mol. The number of para-hydroxylation sites is 1. The second-order valence-electron chi connectivity index (χ2n) is 8.12. The molecule has 2 aromatic heterocycles. The number of ether oxygens (including phenoxy) is 1. The number of hydrogen-bond acceptors (Lipinski definition) is 5. The van der Waals surface area contributed by atoms with Crippen LogP contribution in [0.5, 0.6) is 5.75 Å². The molecule has 0 fully saturated rings. The van der Waals surface area contributed by atoms with Crippen molar-refractivity contribution in [1.29, 1.82) is 0 Å². The number of nitrogens with zero attached hydrogens (tertiary/aromatic N) is 4. The third-order valence-electron chi connectivity index (χ3n) is 5.83. The second-order valence-corrected chi connectivity index (χ2v) is 8.53. The molecule has 0 saturated heterocycles. The van der Waals surface area contributed by atoms with Crippen LogP contribution in [0.4, 0.5) is 8.78 Å². The van der Waals surface area contributed by atoms with Crippen molar-refractivity contribution in [3.05, 3.63) is 82.3 Å². The Bertz CT molecular complexity index is 1410. The molecule has 1 amide bonds. The van der Waals surface area contributed by atoms with Gasteiger partial charge in [-0.15, -0.1) is 0 Å². The number of fused-ring (bicyclic) bond motifs is 1. The van der Waals surface area contributed by atoms with E-state index in [4.69, 9.17) is 16.3 Å². The summed E-state index contributed by atoms with van der Waals surface area (Å²) in [5.74, 6) is -1.08. The third-order valence-corrected chi connectivity index (χ3v) is 6.17. The maximum atomic E-state index is 14.2. The van der Waals surface area contributed by atoms with Gasteiger partial charge in [0.05, 0.1) is 29.1 Å². The summed E-state index contributed by atoms with van der Waals surface area (Å²) in [5.41, 5.74) is 2.81. The van der Waals surface area contributed by atoms with Crippen LogP contribution < -0.4 is 4.74 Å². The van der Waals surface area contributed by atoms with E-state index in [9.17, 15) is 18.7 Å². The molecule has 0 aliphatic carbocycles. The summed E-state index contributed by atoms with van der Waals surface area (Å²) in [6, 6.07) is 9.05. The molecule has 2 aromatic carbocycles. The normalized spacial score (nSPS) is 12.1. The fourth-order valence-electron chi connectivity index (χ4n) is 3.90. The lowest BCUT2D eigenvalue weighted by Crippen LogP contribution is -2.32. The summed E-state index contributed by atoms with van der Waals surface area (Å²) in [4.78, 5) is 17.9. The van der Waals surface area contributed by atoms with Gasteiger partial charge >= 0.3 is 0 Å². The molecule has 10 heteroatoms. The Morgan fingerprint density at radius 2 is 2.03 bits per heavy atom. The standard InChI is InChI=1S/C25H23ClF2N4O3/c1-14-7-22(32-11-17(28)10-29-32)18-5-4-6-23(25(18)30-14)35-13-20-19(8-16(27)9-21(20)26)15(2)31(3)24(34)12-33/h4-11,15,33H,12-13H2,1-3H3/t15-/m0/s1. The Hall–Kier alpha value is -3.56. The Kier molecular flexibility index (Phi) is 7.00. The van der Waals surface area contributed by atoms with E-state index in [0.717, 1.165) is 6.20 Å². The van der Waals surface area contributed by atoms with Gasteiger partial charge in [-0.3, -0.25) is 4.79 Å². The number of aryl methyl sites for hydroxylation is 1. The number of aliphatic hydroxyl groups is 1. The van der Waals surface area contributed by atoms with E-state index >= 15 is 0 Å². The maximum Gasteiger partial charge on any atom is 0.248 e. The van der Waals surface area contributed by atoms with Crippen LogP contribution >= 0.6 is 11.6 Å². The number of benzene rings is 2. The Labute approximate surface area is 205 Å². The summed E-state index contributed by atoms with van der Waals surface area (Å²) in [7, 11) is 1.52. The van der Waals surface area contributed by atoms with Crippen LogP contribution in [-0.2, 0) is 11.4 Å². The van der Waals surface area contributed by atoms with Gasteiger partial charge in [0.2, 0.25) is 5.91 Å². The van der Waals surface area contributed by atoms with E-state index < -0.39 is 30.2 Å². The van der Waals surface area contributed by atoms with Gasteiger partial charge in [-0.05, 0) is 43.7 Å². The van der Waals surface area contributed by atoms with Crippen LogP contribution in [0.2, 0.25) is 5.02 Å². The van der Waals surface area contributed by atoms with Crippen molar-refractivity contribution in [2.24, 2.45) is 0 Å². The van der Waals surface area contributed by atoms with Crippen LogP contribution in [0.25, 0.3) is 16.6 Å². The van der Waals surface area contributed by atoms with Crippen molar-refractivity contribution >= 4 is 28.4 Å². The highest BCUT2D eigenvalue weighted by Crippen LogP contribution is 2.33. The number of amides is 1. The molecule has 0 bridgehead atoms. The maximum absolute atomic E-state index is 14.2. The van der Waals surface area contributed by atoms with Gasteiger partial charge in [0.25, 0.3) is 0 Å². The fourth-order valence-corrected chi connectivity index (χ4v) is 4.17. The van der Waals surface area contributed by atoms with Gasteiger partial charge < -0.3 is 14.7 Å². The number of aromatic nitrogens is 3. The third kappa shape index (κ3) is 4.96. The fraction of sp³-hybridized carbons (Fsp3) is 0.240. The summed E-state index contributed by atoms with van der Waals surface area (Å²) < 4.78 is 35.4. The van der Waals surface area contributed by atoms with E-state index in [1.807, 2.05) is 13.0 Å². The molecule has 182 valence electrons. The molecule has 0 saturated carbocycles. The van der Waals surface area contributed by atoms with Crippen molar-refractivity contribution in [2.45, 2.75) is 26.5 Å². The van der Waals surface area contributed by atoms with Crippen molar-refractivity contribution in [2.75, 3.05) is 13.7 Å². The first kappa shape index (κ1) is 24.6. The van der Waals surface area contributed by atoms with E-state index in [1.165, 1.54) is 35.0 Å². The van der Waals surface area contributed by atoms with E-state index in [2.05, 4.69) is 10.1 Å². The molecule has 0 unspecified atom stereocenters. The van der Waals surface area contributed by atoms with Gasteiger partial charge in [0.15, 0.2) is 5.82 Å². The summed E-state index contributed by atoms with van der Waals surface area (Å²) in [6.07, 6.45) is 2.40. The molecule has 0 radical (unpaired) electrons. The largest absolute Gasteiger partial charge is 0.487 e. The van der Waals surface area contributed by atoms with Crippen LogP contribution in [0.3, 0.4) is 0 Å². The molecule has 0 aliphatic heterocycles. The minimum absolute atomic E-state index is 0.0274. The minimum atomic E-state index is -0.667. The molecule has 4 aromatic rings. The number of pyridine rings is 1. The monoisotopic (exact) mass is 500 g/mol. The van der Waals surface area contributed by atoms with Crippen LogP contribution in [0.1, 0.15) is 29.8 Å². The number of rotatable bonds is 7. The molecule has 0 spiro atoms. The first-order chi connectivity index (χ1) is 16.7. The zero-order chi connectivity index (χ0) is 25.3. The number of carbonyl (C=O) groups is 1. The Morgan fingerprint density at radius 3 is 2.71 bits per heavy atom. The predicted octanol–water partition coefficient (Wildman–Crippen LogP) is 4.75. The molecule has 35 heavy (non-hydrogen) atoms. The van der Waals surface area contributed by atoms with Crippen molar-refractivity contribution in [1.82, 2.24) is 19.7 Å². The Morgan fingerprint density at radius 1 is 1.26 bits per heavy atom. The van der Waals surface area contributed by atoms with E-state index in [1.54, 1.807) is 25.1 Å². The SMILES string of the molecule is Cc1cc(-n2cc(F)cn2)c2cccc(OCc3c(Cl)cc(F)cc3[C@H](C)N(C)C(=O)CO)c2n1. The first-order valence-electron chi connectivity index (χ1n) is 10.8. The van der Waals surface area contributed by atoms with Crippen molar-refractivity contribution < 1.29 is 23.4 Å². The quantitative estimate of drug-likeness (QED) is 0.396. The van der Waals surface area contributed by atoms with Gasteiger partial charge in [0, 0.05) is 23.7 Å². The topological polar surface area (TPSA) is 80.5 Å². The molecular formula is C25H23ClF2N4O3. The van der Waals surface area contributed by atoms with Gasteiger partial charge in [-0.1, -0.05) is 23.7 Å². The highest BCUT2D eigenvalue weighted by molar-refractivity contribution is 6.31. The number of likely N-dealkylation sites (N-methyl/N-ethyl adjacent to an activating group) is 1. The lowest BCUT2D eigenvalue weighted by Gasteiger charge is -2.27. The summed E-state index contributed by atoms with van der Waals surface area (Å²) >= 11 is 6.38. The second kappa shape index (κ2) is 9.97. The predicted molar refractivity (Wildman–Crippen MR) is 128 cm³/mol. The average Bonchev–Trinajstić information content (AvgIpc) is 3.27. The lowest BCUT2D eigenvalue weighted by molar-refractivity contribution is -0.134. The Balaban J connectivity index is 1.73. The highest BCUT2D eigenvalue weighted by Gasteiger charge is 2.23. The molecule has 2 heterocycles. The molecule has 7 nitrogen and oxygen atoms in total. The zero-order valence-electron chi connectivity index (χ0n) is 19.3. The van der Waals surface area contributed by atoms with Crippen LogP contribution in [-0.4, -0.2) is 44.3 Å². The summed E-state index contributed by atoms with van der Waals surface area (Å²) in [5, 5.41) is 14.1. The minimum Gasteiger partial charge on any atom is -0.487 e. The summed E-state index contributed by atoms with van der Waals surface area (Å²) in [6.45, 7) is 2.82. The molecule has 1 N–H and O–H groups in total. The zero-order valence-corrected chi connectivity index (χ0v) is 20.1. The van der Waals surface area contributed by atoms with Crippen LogP contribution in [0.15, 0.2) is 48.8 Å².